The molecule has 5 nitrogen and oxygen atoms in total. The molecule has 0 aliphatic heterocycles. The van der Waals surface area contributed by atoms with Crippen molar-refractivity contribution in [3.63, 3.8) is 0 Å². The molecular weight excluding hydrogens is 319 g/mol. The van der Waals surface area contributed by atoms with E-state index in [-0.39, 0.29) is 24.6 Å². The summed E-state index contributed by atoms with van der Waals surface area (Å²) < 4.78 is 13.2. The van der Waals surface area contributed by atoms with Crippen molar-refractivity contribution in [2.45, 2.75) is 25.7 Å². The maximum Gasteiger partial charge on any atom is 0.303 e. The quantitative estimate of drug-likeness (QED) is 0.727. The molecule has 1 aromatic carbocycles. The van der Waals surface area contributed by atoms with E-state index < -0.39 is 5.97 Å². The Balaban J connectivity index is 1.80. The number of carbonyl (C=O) groups is 2. The van der Waals surface area contributed by atoms with Gasteiger partial charge in [-0.05, 0) is 25.0 Å². The second-order valence-electron chi connectivity index (χ2n) is 5.03. The van der Waals surface area contributed by atoms with Crippen molar-refractivity contribution in [1.29, 1.82) is 0 Å². The monoisotopic (exact) mass is 336 g/mol. The van der Waals surface area contributed by atoms with Gasteiger partial charge >= 0.3 is 5.97 Å². The van der Waals surface area contributed by atoms with Crippen molar-refractivity contribution in [1.82, 2.24) is 10.3 Å². The van der Waals surface area contributed by atoms with E-state index in [1.54, 1.807) is 17.5 Å². The molecule has 1 amide bonds. The van der Waals surface area contributed by atoms with Crippen molar-refractivity contribution in [2.75, 3.05) is 6.54 Å². The van der Waals surface area contributed by atoms with Crippen LogP contribution in [0.15, 0.2) is 29.6 Å². The molecule has 0 saturated heterocycles. The summed E-state index contributed by atoms with van der Waals surface area (Å²) in [5.41, 5.74) is 1.33. The molecule has 0 radical (unpaired) electrons. The molecule has 0 aliphatic carbocycles. The smallest absolute Gasteiger partial charge is 0.303 e. The van der Waals surface area contributed by atoms with Gasteiger partial charge in [0.2, 0.25) is 5.91 Å². The predicted molar refractivity (Wildman–Crippen MR) is 85.7 cm³/mol. The van der Waals surface area contributed by atoms with Gasteiger partial charge in [0.25, 0.3) is 0 Å². The molecule has 2 rings (SSSR count). The van der Waals surface area contributed by atoms with Crippen LogP contribution in [0, 0.1) is 5.82 Å². The Bertz CT molecular complexity index is 687. The molecule has 2 N–H and O–H groups in total. The van der Waals surface area contributed by atoms with Gasteiger partial charge in [-0.2, -0.15) is 0 Å². The van der Waals surface area contributed by atoms with Gasteiger partial charge in [-0.15, -0.1) is 11.3 Å². The maximum absolute atomic E-state index is 13.2. The number of nitrogens with zero attached hydrogens (tertiary/aromatic N) is 1. The number of unbranched alkanes of at least 4 members (excludes halogenated alkanes) is 1. The third-order valence-corrected chi connectivity index (χ3v) is 4.04. The molecule has 0 aliphatic rings. The van der Waals surface area contributed by atoms with E-state index in [2.05, 4.69) is 10.3 Å². The molecule has 0 spiro atoms. The molecule has 1 heterocycles. The van der Waals surface area contributed by atoms with Crippen molar-refractivity contribution in [3.8, 4) is 10.6 Å². The van der Waals surface area contributed by atoms with Gasteiger partial charge in [0.15, 0.2) is 0 Å². The number of amides is 1. The highest BCUT2D eigenvalue weighted by molar-refractivity contribution is 7.13. The van der Waals surface area contributed by atoms with Crippen molar-refractivity contribution in [2.24, 2.45) is 0 Å². The van der Waals surface area contributed by atoms with E-state index in [1.165, 1.54) is 23.5 Å². The number of aliphatic carboxylic acids is 1. The summed E-state index contributed by atoms with van der Waals surface area (Å²) in [7, 11) is 0. The van der Waals surface area contributed by atoms with Crippen LogP contribution in [0.2, 0.25) is 0 Å². The fraction of sp³-hybridized carbons (Fsp3) is 0.312. The maximum atomic E-state index is 13.2. The zero-order chi connectivity index (χ0) is 16.7. The number of aromatic nitrogens is 1. The van der Waals surface area contributed by atoms with Crippen LogP contribution in [0.3, 0.4) is 0 Å². The average Bonchev–Trinajstić information content (AvgIpc) is 2.95. The minimum atomic E-state index is -0.830. The Morgan fingerprint density at radius 3 is 2.87 bits per heavy atom. The number of benzene rings is 1. The van der Waals surface area contributed by atoms with Gasteiger partial charge in [-0.1, -0.05) is 12.1 Å². The number of rotatable bonds is 8. The minimum Gasteiger partial charge on any atom is -0.481 e. The van der Waals surface area contributed by atoms with Crippen molar-refractivity contribution in [3.05, 3.63) is 41.2 Å². The van der Waals surface area contributed by atoms with Gasteiger partial charge in [0.05, 0.1) is 12.1 Å². The lowest BCUT2D eigenvalue weighted by Gasteiger charge is -2.03. The number of halogens is 1. The SMILES string of the molecule is O=C(O)CCCCNC(=O)Cc1csc(-c2cccc(F)c2)n1. The highest BCUT2D eigenvalue weighted by Crippen LogP contribution is 2.24. The first-order chi connectivity index (χ1) is 11.0. The molecule has 0 atom stereocenters. The largest absolute Gasteiger partial charge is 0.481 e. The van der Waals surface area contributed by atoms with E-state index >= 15 is 0 Å². The normalized spacial score (nSPS) is 10.5. The topological polar surface area (TPSA) is 79.3 Å². The first-order valence-electron chi connectivity index (χ1n) is 7.23. The fourth-order valence-electron chi connectivity index (χ4n) is 2.00. The van der Waals surface area contributed by atoms with E-state index in [0.29, 0.717) is 35.7 Å². The van der Waals surface area contributed by atoms with E-state index in [1.807, 2.05) is 0 Å². The molecule has 0 unspecified atom stereocenters. The molecule has 1 aromatic heterocycles. The average molecular weight is 336 g/mol. The molecule has 0 fully saturated rings. The van der Waals surface area contributed by atoms with Crippen LogP contribution in [0.1, 0.15) is 25.0 Å². The number of carbonyl (C=O) groups excluding carboxylic acids is 1. The molecular formula is C16H17FN2O3S. The highest BCUT2D eigenvalue weighted by Gasteiger charge is 2.09. The number of carboxylic acid groups (broad SMARTS) is 1. The van der Waals surface area contributed by atoms with Crippen LogP contribution in [0.4, 0.5) is 4.39 Å². The number of thiazole rings is 1. The summed E-state index contributed by atoms with van der Waals surface area (Å²) >= 11 is 1.37. The van der Waals surface area contributed by atoms with Crippen molar-refractivity contribution >= 4 is 23.2 Å². The van der Waals surface area contributed by atoms with Gasteiger partial charge in [-0.3, -0.25) is 9.59 Å². The third-order valence-electron chi connectivity index (χ3n) is 3.10. The third kappa shape index (κ3) is 5.78. The Morgan fingerprint density at radius 1 is 1.30 bits per heavy atom. The zero-order valence-corrected chi connectivity index (χ0v) is 13.2. The first-order valence-corrected chi connectivity index (χ1v) is 8.11. The lowest BCUT2D eigenvalue weighted by atomic mass is 10.2. The summed E-state index contributed by atoms with van der Waals surface area (Å²) in [6, 6.07) is 6.17. The van der Waals surface area contributed by atoms with Crippen molar-refractivity contribution < 1.29 is 19.1 Å². The molecule has 0 saturated carbocycles. The summed E-state index contributed by atoms with van der Waals surface area (Å²) in [5, 5.41) is 13.7. The van der Waals surface area contributed by atoms with Crippen LogP contribution < -0.4 is 5.32 Å². The number of nitrogens with one attached hydrogen (secondary N) is 1. The van der Waals surface area contributed by atoms with Gasteiger partial charge < -0.3 is 10.4 Å². The summed E-state index contributed by atoms with van der Waals surface area (Å²) in [6.45, 7) is 0.451. The van der Waals surface area contributed by atoms with E-state index in [9.17, 15) is 14.0 Å². The summed E-state index contributed by atoms with van der Waals surface area (Å²) in [4.78, 5) is 26.5. The molecule has 23 heavy (non-hydrogen) atoms. The molecule has 122 valence electrons. The lowest BCUT2D eigenvalue weighted by Crippen LogP contribution is -2.26. The Hall–Kier alpha value is -2.28. The predicted octanol–water partition coefficient (Wildman–Crippen LogP) is 2.86. The van der Waals surface area contributed by atoms with Crippen LogP contribution in [-0.4, -0.2) is 28.5 Å². The lowest BCUT2D eigenvalue weighted by molar-refractivity contribution is -0.137. The van der Waals surface area contributed by atoms with Crippen LogP contribution in [0.5, 0.6) is 0 Å². The molecule has 7 heteroatoms. The molecule has 0 bridgehead atoms. The molecule has 2 aromatic rings. The standard InChI is InChI=1S/C16H17FN2O3S/c17-12-5-3-4-11(8-12)16-19-13(10-23-16)9-14(20)18-7-2-1-6-15(21)22/h3-5,8,10H,1-2,6-7,9H2,(H,18,20)(H,21,22). The Labute approximate surface area is 137 Å². The second kappa shape index (κ2) is 8.38. The van der Waals surface area contributed by atoms with Crippen LogP contribution in [-0.2, 0) is 16.0 Å². The van der Waals surface area contributed by atoms with E-state index in [0.717, 1.165) is 0 Å². The van der Waals surface area contributed by atoms with Gasteiger partial charge in [-0.25, -0.2) is 9.37 Å². The van der Waals surface area contributed by atoms with Gasteiger partial charge in [0.1, 0.15) is 10.8 Å². The van der Waals surface area contributed by atoms with E-state index in [4.69, 9.17) is 5.11 Å². The van der Waals surface area contributed by atoms with Gasteiger partial charge in [0, 0.05) is 23.9 Å². The number of hydrogen-bond donors (Lipinski definition) is 2. The zero-order valence-electron chi connectivity index (χ0n) is 12.4. The summed E-state index contributed by atoms with van der Waals surface area (Å²) in [6.07, 6.45) is 1.43. The number of carboxylic acids is 1. The second-order valence-corrected chi connectivity index (χ2v) is 5.89. The van der Waals surface area contributed by atoms with Crippen LogP contribution in [0.25, 0.3) is 10.6 Å². The van der Waals surface area contributed by atoms with Crippen LogP contribution >= 0.6 is 11.3 Å². The fourth-order valence-corrected chi connectivity index (χ4v) is 2.82. The Kier molecular flexibility index (Phi) is 6.22. The summed E-state index contributed by atoms with van der Waals surface area (Å²) in [5.74, 6) is -1.31. The number of hydrogen-bond acceptors (Lipinski definition) is 4. The Morgan fingerprint density at radius 2 is 2.13 bits per heavy atom. The highest BCUT2D eigenvalue weighted by atomic mass is 32.1. The first kappa shape index (κ1) is 17.1. The minimum absolute atomic E-state index is 0.110.